The summed E-state index contributed by atoms with van der Waals surface area (Å²) in [6.07, 6.45) is 0. The molecule has 0 aliphatic carbocycles. The lowest BCUT2D eigenvalue weighted by Gasteiger charge is -2.19. The quantitative estimate of drug-likeness (QED) is 0.588. The van der Waals surface area contributed by atoms with Crippen molar-refractivity contribution in [3.05, 3.63) is 54.1 Å². The van der Waals surface area contributed by atoms with E-state index in [0.717, 1.165) is 5.56 Å². The summed E-state index contributed by atoms with van der Waals surface area (Å²) in [5, 5.41) is 14.2. The van der Waals surface area contributed by atoms with Gasteiger partial charge in [0.05, 0.1) is 0 Å². The van der Waals surface area contributed by atoms with Gasteiger partial charge in [-0.05, 0) is 47.4 Å². The van der Waals surface area contributed by atoms with Crippen LogP contribution in [0.4, 0.5) is 11.4 Å². The van der Waals surface area contributed by atoms with E-state index in [2.05, 4.69) is 31.4 Å². The molecule has 0 bridgehead atoms. The van der Waals surface area contributed by atoms with Crippen molar-refractivity contribution >= 4 is 23.2 Å². The second kappa shape index (κ2) is 6.52. The average molecular weight is 312 g/mol. The molecule has 5 heteroatoms. The van der Waals surface area contributed by atoms with Gasteiger partial charge in [0.15, 0.2) is 0 Å². The molecule has 0 aliphatic rings. The molecule has 0 saturated carbocycles. The number of hydrogen-bond donors (Lipinski definition) is 3. The molecule has 2 rings (SSSR count). The molecule has 3 N–H and O–H groups in total. The molecule has 0 radical (unpaired) electrons. The number of hydrogen-bond acceptors (Lipinski definition) is 3. The van der Waals surface area contributed by atoms with E-state index in [1.165, 1.54) is 24.3 Å². The average Bonchev–Trinajstić information content (AvgIpc) is 2.49. The van der Waals surface area contributed by atoms with Gasteiger partial charge in [-0.15, -0.1) is 0 Å². The number of aromatic hydroxyl groups is 1. The van der Waals surface area contributed by atoms with Crippen LogP contribution in [-0.2, 0) is 15.0 Å². The Kier molecular flexibility index (Phi) is 4.69. The summed E-state index contributed by atoms with van der Waals surface area (Å²) in [6.45, 7) is 6.31. The van der Waals surface area contributed by atoms with E-state index in [1.54, 1.807) is 12.1 Å². The number of phenols is 1. The maximum absolute atomic E-state index is 11.9. The Balaban J connectivity index is 1.98. The number of phenolic OH excluding ortho intramolecular Hbond substituents is 1. The van der Waals surface area contributed by atoms with Crippen molar-refractivity contribution in [3.8, 4) is 5.75 Å². The van der Waals surface area contributed by atoms with Crippen molar-refractivity contribution in [3.63, 3.8) is 0 Å². The first kappa shape index (κ1) is 16.5. The van der Waals surface area contributed by atoms with Crippen LogP contribution in [0.5, 0.6) is 5.75 Å². The number of anilines is 2. The van der Waals surface area contributed by atoms with Crippen LogP contribution >= 0.6 is 0 Å². The molecule has 5 nitrogen and oxygen atoms in total. The van der Waals surface area contributed by atoms with Gasteiger partial charge in [0.2, 0.25) is 0 Å². The lowest BCUT2D eigenvalue weighted by Crippen LogP contribution is -2.29. The van der Waals surface area contributed by atoms with Crippen molar-refractivity contribution < 1.29 is 14.7 Å². The zero-order valence-corrected chi connectivity index (χ0v) is 13.4. The Labute approximate surface area is 135 Å². The van der Waals surface area contributed by atoms with Crippen LogP contribution < -0.4 is 10.6 Å². The summed E-state index contributed by atoms with van der Waals surface area (Å²) in [6, 6.07) is 13.3. The summed E-state index contributed by atoms with van der Waals surface area (Å²) in [7, 11) is 0. The summed E-state index contributed by atoms with van der Waals surface area (Å²) in [5.41, 5.74) is 2.16. The largest absolute Gasteiger partial charge is 0.508 e. The Morgan fingerprint density at radius 1 is 0.783 bits per heavy atom. The van der Waals surface area contributed by atoms with Crippen molar-refractivity contribution in [2.45, 2.75) is 26.2 Å². The molecule has 0 unspecified atom stereocenters. The summed E-state index contributed by atoms with van der Waals surface area (Å²) < 4.78 is 0. The van der Waals surface area contributed by atoms with Crippen LogP contribution in [-0.4, -0.2) is 16.9 Å². The highest BCUT2D eigenvalue weighted by Gasteiger charge is 2.16. The van der Waals surface area contributed by atoms with Gasteiger partial charge in [0, 0.05) is 11.4 Å². The maximum atomic E-state index is 11.9. The van der Waals surface area contributed by atoms with E-state index in [4.69, 9.17) is 0 Å². The Morgan fingerprint density at radius 2 is 1.17 bits per heavy atom. The van der Waals surface area contributed by atoms with Gasteiger partial charge >= 0.3 is 11.8 Å². The first-order valence-electron chi connectivity index (χ1n) is 7.27. The fraction of sp³-hybridized carbons (Fsp3) is 0.222. The summed E-state index contributed by atoms with van der Waals surface area (Å²) >= 11 is 0. The molecular weight excluding hydrogens is 292 g/mol. The highest BCUT2D eigenvalue weighted by Crippen LogP contribution is 2.23. The monoisotopic (exact) mass is 312 g/mol. The second-order valence-electron chi connectivity index (χ2n) is 6.28. The lowest BCUT2D eigenvalue weighted by molar-refractivity contribution is -0.132. The van der Waals surface area contributed by atoms with E-state index in [0.29, 0.717) is 11.4 Å². The fourth-order valence-electron chi connectivity index (χ4n) is 1.97. The smallest absolute Gasteiger partial charge is 0.314 e. The Bertz CT molecular complexity index is 699. The lowest BCUT2D eigenvalue weighted by atomic mass is 9.87. The maximum Gasteiger partial charge on any atom is 0.314 e. The van der Waals surface area contributed by atoms with Gasteiger partial charge in [-0.1, -0.05) is 32.9 Å². The summed E-state index contributed by atoms with van der Waals surface area (Å²) in [5.74, 6) is -1.43. The summed E-state index contributed by atoms with van der Waals surface area (Å²) in [4.78, 5) is 23.7. The minimum Gasteiger partial charge on any atom is -0.508 e. The normalized spacial score (nSPS) is 10.9. The Morgan fingerprint density at radius 3 is 1.57 bits per heavy atom. The SMILES string of the molecule is CC(C)(C)c1ccc(NC(=O)C(=O)Nc2ccc(O)cc2)cc1. The van der Waals surface area contributed by atoms with Crippen LogP contribution in [0, 0.1) is 0 Å². The van der Waals surface area contributed by atoms with Gasteiger partial charge in [-0.25, -0.2) is 0 Å². The predicted octanol–water partition coefficient (Wildman–Crippen LogP) is 3.27. The number of carbonyl (C=O) groups is 2. The Hall–Kier alpha value is -2.82. The number of carbonyl (C=O) groups excluding carboxylic acids is 2. The van der Waals surface area contributed by atoms with E-state index < -0.39 is 11.8 Å². The molecule has 2 aromatic carbocycles. The number of nitrogens with one attached hydrogen (secondary N) is 2. The molecule has 0 heterocycles. The van der Waals surface area contributed by atoms with Gasteiger partial charge in [0.1, 0.15) is 5.75 Å². The molecule has 0 fully saturated rings. The molecule has 2 aromatic rings. The van der Waals surface area contributed by atoms with Crippen LogP contribution in [0.25, 0.3) is 0 Å². The van der Waals surface area contributed by atoms with Gasteiger partial charge in [-0.3, -0.25) is 9.59 Å². The third-order valence-corrected chi connectivity index (χ3v) is 3.34. The van der Waals surface area contributed by atoms with Crippen LogP contribution in [0.3, 0.4) is 0 Å². The van der Waals surface area contributed by atoms with Gasteiger partial charge in [-0.2, -0.15) is 0 Å². The number of rotatable bonds is 2. The molecule has 23 heavy (non-hydrogen) atoms. The van der Waals surface area contributed by atoms with Crippen molar-refractivity contribution in [1.29, 1.82) is 0 Å². The highest BCUT2D eigenvalue weighted by molar-refractivity contribution is 6.43. The molecule has 0 saturated heterocycles. The van der Waals surface area contributed by atoms with Crippen LogP contribution in [0.15, 0.2) is 48.5 Å². The number of benzene rings is 2. The van der Waals surface area contributed by atoms with Gasteiger partial charge < -0.3 is 15.7 Å². The minimum atomic E-state index is -0.768. The van der Waals surface area contributed by atoms with Crippen LogP contribution in [0.2, 0.25) is 0 Å². The zero-order valence-electron chi connectivity index (χ0n) is 13.4. The topological polar surface area (TPSA) is 78.4 Å². The first-order chi connectivity index (χ1) is 10.8. The zero-order chi connectivity index (χ0) is 17.0. The molecule has 0 aliphatic heterocycles. The van der Waals surface area contributed by atoms with E-state index in [-0.39, 0.29) is 11.2 Å². The third-order valence-electron chi connectivity index (χ3n) is 3.34. The number of amides is 2. The van der Waals surface area contributed by atoms with Gasteiger partial charge in [0.25, 0.3) is 0 Å². The standard InChI is InChI=1S/C18H20N2O3/c1-18(2,3)12-4-6-13(7-5-12)19-16(22)17(23)20-14-8-10-15(21)11-9-14/h4-11,21H,1-3H3,(H,19,22)(H,20,23). The predicted molar refractivity (Wildman–Crippen MR) is 90.5 cm³/mol. The van der Waals surface area contributed by atoms with Crippen molar-refractivity contribution in [2.75, 3.05) is 10.6 Å². The van der Waals surface area contributed by atoms with E-state index >= 15 is 0 Å². The van der Waals surface area contributed by atoms with E-state index in [9.17, 15) is 14.7 Å². The second-order valence-corrected chi connectivity index (χ2v) is 6.28. The molecular formula is C18H20N2O3. The minimum absolute atomic E-state index is 0.0266. The molecule has 0 atom stereocenters. The van der Waals surface area contributed by atoms with Crippen molar-refractivity contribution in [1.82, 2.24) is 0 Å². The fourth-order valence-corrected chi connectivity index (χ4v) is 1.97. The highest BCUT2D eigenvalue weighted by atomic mass is 16.3. The van der Waals surface area contributed by atoms with E-state index in [1.807, 2.05) is 12.1 Å². The molecule has 2 amide bonds. The molecule has 120 valence electrons. The molecule has 0 spiro atoms. The molecule has 0 aromatic heterocycles. The van der Waals surface area contributed by atoms with Crippen molar-refractivity contribution in [2.24, 2.45) is 0 Å². The first-order valence-corrected chi connectivity index (χ1v) is 7.27. The third kappa shape index (κ3) is 4.57. The van der Waals surface area contributed by atoms with Crippen LogP contribution in [0.1, 0.15) is 26.3 Å².